The second kappa shape index (κ2) is 4.89. The van der Waals surface area contributed by atoms with Crippen molar-refractivity contribution in [2.24, 2.45) is 0 Å². The Morgan fingerprint density at radius 2 is 2.00 bits per heavy atom. The zero-order chi connectivity index (χ0) is 14.4. The maximum absolute atomic E-state index is 5.43. The number of fused-ring (bicyclic) bond motifs is 2. The van der Waals surface area contributed by atoms with Crippen LogP contribution in [0.25, 0.3) is 11.0 Å². The molecule has 4 nitrogen and oxygen atoms in total. The molecule has 0 unspecified atom stereocenters. The maximum atomic E-state index is 5.43. The second-order valence-electron chi connectivity index (χ2n) is 4.87. The fourth-order valence-electron chi connectivity index (χ4n) is 2.50. The summed E-state index contributed by atoms with van der Waals surface area (Å²) in [5.41, 5.74) is 3.23. The lowest BCUT2D eigenvalue weighted by molar-refractivity contribution is 0.174. The smallest absolute Gasteiger partial charge is 0.231 e. The summed E-state index contributed by atoms with van der Waals surface area (Å²) < 4.78 is 14.6. The van der Waals surface area contributed by atoms with Gasteiger partial charge in [-0.1, -0.05) is 22.0 Å². The zero-order valence-electron chi connectivity index (χ0n) is 10.9. The zero-order valence-corrected chi connectivity index (χ0v) is 13.3. The third-order valence-corrected chi connectivity index (χ3v) is 4.33. The van der Waals surface area contributed by atoms with Gasteiger partial charge in [-0.3, -0.25) is 0 Å². The van der Waals surface area contributed by atoms with Gasteiger partial charge in [-0.2, -0.15) is 0 Å². The van der Waals surface area contributed by atoms with Crippen molar-refractivity contribution in [2.45, 2.75) is 6.54 Å². The number of imidazole rings is 1. The molecule has 106 valence electrons. The van der Waals surface area contributed by atoms with Gasteiger partial charge >= 0.3 is 0 Å². The monoisotopic (exact) mass is 362 g/mol. The third kappa shape index (κ3) is 2.24. The number of hydrogen-bond donors (Lipinski definition) is 1. The Morgan fingerprint density at radius 1 is 1.14 bits per heavy atom. The predicted octanol–water partition coefficient (Wildman–Crippen LogP) is 4.24. The lowest BCUT2D eigenvalue weighted by Crippen LogP contribution is -1.99. The van der Waals surface area contributed by atoms with Crippen LogP contribution in [0.4, 0.5) is 0 Å². The van der Waals surface area contributed by atoms with E-state index >= 15 is 0 Å². The van der Waals surface area contributed by atoms with Crippen molar-refractivity contribution < 1.29 is 9.47 Å². The summed E-state index contributed by atoms with van der Waals surface area (Å²) in [5, 5.41) is 0. The first-order chi connectivity index (χ1) is 10.2. The van der Waals surface area contributed by atoms with Crippen molar-refractivity contribution in [2.75, 3.05) is 6.79 Å². The number of nitrogens with one attached hydrogen (secondary N) is 1. The van der Waals surface area contributed by atoms with E-state index < -0.39 is 0 Å². The van der Waals surface area contributed by atoms with Crippen molar-refractivity contribution in [3.05, 3.63) is 51.2 Å². The molecule has 1 aromatic heterocycles. The Kier molecular flexibility index (Phi) is 3.01. The average molecular weight is 363 g/mol. The van der Waals surface area contributed by atoms with Crippen molar-refractivity contribution in [1.29, 1.82) is 0 Å². The quantitative estimate of drug-likeness (QED) is 0.693. The number of aromatic nitrogens is 2. The summed E-state index contributed by atoms with van der Waals surface area (Å²) in [4.78, 5) is 3.23. The minimum Gasteiger partial charge on any atom is -0.454 e. The van der Waals surface area contributed by atoms with E-state index in [9.17, 15) is 0 Å². The molecule has 0 spiro atoms. The van der Waals surface area contributed by atoms with E-state index in [0.29, 0.717) is 11.3 Å². The minimum atomic E-state index is 0.290. The molecule has 3 aromatic rings. The van der Waals surface area contributed by atoms with E-state index in [1.807, 2.05) is 30.3 Å². The highest BCUT2D eigenvalue weighted by Crippen LogP contribution is 2.33. The van der Waals surface area contributed by atoms with Gasteiger partial charge in [0, 0.05) is 4.47 Å². The van der Waals surface area contributed by atoms with Gasteiger partial charge in [0.1, 0.15) is 0 Å². The van der Waals surface area contributed by atoms with Crippen molar-refractivity contribution in [3.8, 4) is 11.5 Å². The number of halogens is 1. The fourth-order valence-corrected chi connectivity index (χ4v) is 3.13. The topological polar surface area (TPSA) is 39.2 Å². The van der Waals surface area contributed by atoms with Crippen molar-refractivity contribution >= 4 is 39.2 Å². The molecule has 0 bridgehead atoms. The third-order valence-electron chi connectivity index (χ3n) is 3.51. The molecule has 0 saturated carbocycles. The van der Waals surface area contributed by atoms with Crippen molar-refractivity contribution in [3.63, 3.8) is 0 Å². The maximum Gasteiger partial charge on any atom is 0.231 e. The number of ether oxygens (including phenoxy) is 2. The highest BCUT2D eigenvalue weighted by atomic mass is 79.9. The summed E-state index contributed by atoms with van der Waals surface area (Å²) in [6.45, 7) is 0.976. The van der Waals surface area contributed by atoms with Gasteiger partial charge in [-0.15, -0.1) is 0 Å². The summed E-state index contributed by atoms with van der Waals surface area (Å²) in [6, 6.07) is 12.1. The van der Waals surface area contributed by atoms with Crippen LogP contribution in [0, 0.1) is 4.77 Å². The SMILES string of the molecule is S=c1[nH]c2ccc(Br)cc2n1Cc1ccc2c(c1)OCO2. The Labute approximate surface area is 134 Å². The highest BCUT2D eigenvalue weighted by Gasteiger charge is 2.14. The molecule has 0 aliphatic carbocycles. The first-order valence-electron chi connectivity index (χ1n) is 6.47. The van der Waals surface area contributed by atoms with E-state index in [1.165, 1.54) is 0 Å². The molecule has 0 saturated heterocycles. The second-order valence-corrected chi connectivity index (χ2v) is 6.17. The molecule has 21 heavy (non-hydrogen) atoms. The van der Waals surface area contributed by atoms with Gasteiger partial charge in [0.15, 0.2) is 16.3 Å². The largest absolute Gasteiger partial charge is 0.454 e. The molecule has 0 amide bonds. The molecular formula is C15H11BrN2O2S. The van der Waals surface area contributed by atoms with E-state index in [1.54, 1.807) is 0 Å². The number of H-pyrrole nitrogens is 1. The molecular weight excluding hydrogens is 352 g/mol. The molecule has 0 radical (unpaired) electrons. The summed E-state index contributed by atoms with van der Waals surface area (Å²) >= 11 is 8.93. The number of rotatable bonds is 2. The van der Waals surface area contributed by atoms with E-state index in [-0.39, 0.29) is 6.79 Å². The Hall–Kier alpha value is -1.79. The van der Waals surface area contributed by atoms with Crippen LogP contribution in [0.1, 0.15) is 5.56 Å². The van der Waals surface area contributed by atoms with E-state index in [4.69, 9.17) is 21.7 Å². The number of aromatic amines is 1. The summed E-state index contributed by atoms with van der Waals surface area (Å²) in [7, 11) is 0. The highest BCUT2D eigenvalue weighted by molar-refractivity contribution is 9.10. The first kappa shape index (κ1) is 12.9. The molecule has 4 rings (SSSR count). The van der Waals surface area contributed by atoms with Gasteiger partial charge in [0.05, 0.1) is 17.6 Å². The minimum absolute atomic E-state index is 0.290. The van der Waals surface area contributed by atoms with Gasteiger partial charge in [-0.05, 0) is 48.1 Å². The number of hydrogen-bond acceptors (Lipinski definition) is 3. The van der Waals surface area contributed by atoms with Crippen LogP contribution in [0.2, 0.25) is 0 Å². The fraction of sp³-hybridized carbons (Fsp3) is 0.133. The first-order valence-corrected chi connectivity index (χ1v) is 7.67. The van der Waals surface area contributed by atoms with Crippen LogP contribution in [-0.2, 0) is 6.54 Å². The lowest BCUT2D eigenvalue weighted by Gasteiger charge is -2.06. The van der Waals surface area contributed by atoms with E-state index in [2.05, 4.69) is 31.5 Å². The summed E-state index contributed by atoms with van der Waals surface area (Å²) in [5.74, 6) is 1.59. The van der Waals surface area contributed by atoms with Crippen molar-refractivity contribution in [1.82, 2.24) is 9.55 Å². The molecule has 2 heterocycles. The Bertz CT molecular complexity index is 900. The normalized spacial score (nSPS) is 13.0. The van der Waals surface area contributed by atoms with E-state index in [0.717, 1.165) is 32.6 Å². The molecule has 1 aliphatic heterocycles. The average Bonchev–Trinajstić information content (AvgIpc) is 3.04. The molecule has 0 fully saturated rings. The van der Waals surface area contributed by atoms with Crippen LogP contribution in [0.15, 0.2) is 40.9 Å². The van der Waals surface area contributed by atoms with Crippen LogP contribution >= 0.6 is 28.1 Å². The van der Waals surface area contributed by atoms with Crippen LogP contribution in [0.5, 0.6) is 11.5 Å². The molecule has 1 aliphatic rings. The number of benzene rings is 2. The van der Waals surface area contributed by atoms with Crippen LogP contribution < -0.4 is 9.47 Å². The van der Waals surface area contributed by atoms with Crippen LogP contribution in [0.3, 0.4) is 0 Å². The molecule has 1 N–H and O–H groups in total. The standard InChI is InChI=1S/C15H11BrN2O2S/c16-10-2-3-11-12(6-10)18(15(21)17-11)7-9-1-4-13-14(5-9)20-8-19-13/h1-6H,7-8H2,(H,17,21). The van der Waals surface area contributed by atoms with Gasteiger partial charge < -0.3 is 19.0 Å². The van der Waals surface area contributed by atoms with Gasteiger partial charge in [0.2, 0.25) is 6.79 Å². The van der Waals surface area contributed by atoms with Crippen LogP contribution in [-0.4, -0.2) is 16.3 Å². The molecule has 6 heteroatoms. The van der Waals surface area contributed by atoms with Gasteiger partial charge in [0.25, 0.3) is 0 Å². The number of nitrogens with zero attached hydrogens (tertiary/aromatic N) is 1. The lowest BCUT2D eigenvalue weighted by atomic mass is 10.2. The Morgan fingerprint density at radius 3 is 2.90 bits per heavy atom. The summed E-state index contributed by atoms with van der Waals surface area (Å²) in [6.07, 6.45) is 0. The Balaban J connectivity index is 1.79. The molecule has 2 aromatic carbocycles. The molecule has 0 atom stereocenters. The predicted molar refractivity (Wildman–Crippen MR) is 86.5 cm³/mol. The van der Waals surface area contributed by atoms with Gasteiger partial charge in [-0.25, -0.2) is 0 Å².